The molecule has 1 saturated heterocycles. The summed E-state index contributed by atoms with van der Waals surface area (Å²) < 4.78 is 0. The molecule has 1 aliphatic carbocycles. The summed E-state index contributed by atoms with van der Waals surface area (Å²) in [6.45, 7) is 4.44. The van der Waals surface area contributed by atoms with E-state index < -0.39 is 0 Å². The number of carbonyl (C=O) groups is 2. The van der Waals surface area contributed by atoms with Crippen molar-refractivity contribution in [3.8, 4) is 0 Å². The first-order valence-electron chi connectivity index (χ1n) is 6.50. The van der Waals surface area contributed by atoms with Gasteiger partial charge in [-0.15, -0.1) is 12.4 Å². The molecule has 2 amide bonds. The van der Waals surface area contributed by atoms with Crippen LogP contribution in [0.1, 0.15) is 26.2 Å². The number of halogens is 1. The van der Waals surface area contributed by atoms with Gasteiger partial charge < -0.3 is 15.5 Å². The molecule has 2 rings (SSSR count). The Morgan fingerprint density at radius 1 is 1.50 bits per heavy atom. The third kappa shape index (κ3) is 3.85. The van der Waals surface area contributed by atoms with Crippen molar-refractivity contribution in [2.45, 2.75) is 32.2 Å². The van der Waals surface area contributed by atoms with E-state index in [0.717, 1.165) is 12.5 Å². The molecule has 1 aliphatic heterocycles. The van der Waals surface area contributed by atoms with Crippen LogP contribution >= 0.6 is 12.4 Å². The highest BCUT2D eigenvalue weighted by molar-refractivity contribution is 5.89. The van der Waals surface area contributed by atoms with Gasteiger partial charge in [0.2, 0.25) is 11.8 Å². The van der Waals surface area contributed by atoms with E-state index in [4.69, 9.17) is 0 Å². The zero-order valence-electron chi connectivity index (χ0n) is 10.8. The van der Waals surface area contributed by atoms with Crippen molar-refractivity contribution in [3.63, 3.8) is 0 Å². The summed E-state index contributed by atoms with van der Waals surface area (Å²) in [5, 5.41) is 5.98. The Morgan fingerprint density at radius 3 is 2.83 bits per heavy atom. The van der Waals surface area contributed by atoms with Crippen LogP contribution in [0.25, 0.3) is 0 Å². The Labute approximate surface area is 114 Å². The number of piperazine rings is 1. The predicted molar refractivity (Wildman–Crippen MR) is 71.6 cm³/mol. The van der Waals surface area contributed by atoms with Gasteiger partial charge in [-0.25, -0.2) is 0 Å². The average molecular weight is 276 g/mol. The lowest BCUT2D eigenvalue weighted by Gasteiger charge is -2.34. The second kappa shape index (κ2) is 6.95. The van der Waals surface area contributed by atoms with Crippen molar-refractivity contribution >= 4 is 24.2 Å². The lowest BCUT2D eigenvalue weighted by atomic mass is 10.1. The van der Waals surface area contributed by atoms with Crippen molar-refractivity contribution in [1.82, 2.24) is 15.5 Å². The maximum absolute atomic E-state index is 12.0. The highest BCUT2D eigenvalue weighted by Gasteiger charge is 2.31. The molecular formula is C12H22ClN3O2. The van der Waals surface area contributed by atoms with Crippen molar-refractivity contribution in [1.29, 1.82) is 0 Å². The standard InChI is InChI=1S/C12H21N3O2.ClH/c1-2-10-12(17)14-5-6-15(10)11(16)8-13-7-9-3-4-9;/h9-10,13H,2-8H2,1H3,(H,14,17);1H. The van der Waals surface area contributed by atoms with Gasteiger partial charge in [-0.2, -0.15) is 0 Å². The van der Waals surface area contributed by atoms with Gasteiger partial charge in [0, 0.05) is 13.1 Å². The first kappa shape index (κ1) is 15.2. The summed E-state index contributed by atoms with van der Waals surface area (Å²) in [5.74, 6) is 0.802. The summed E-state index contributed by atoms with van der Waals surface area (Å²) >= 11 is 0. The monoisotopic (exact) mass is 275 g/mol. The SMILES string of the molecule is CCC1C(=O)NCCN1C(=O)CNCC1CC1.Cl. The summed E-state index contributed by atoms with van der Waals surface area (Å²) in [5.41, 5.74) is 0. The van der Waals surface area contributed by atoms with Crippen LogP contribution in [0.3, 0.4) is 0 Å². The van der Waals surface area contributed by atoms with Crippen molar-refractivity contribution in [2.75, 3.05) is 26.2 Å². The molecule has 18 heavy (non-hydrogen) atoms. The Morgan fingerprint density at radius 2 is 2.22 bits per heavy atom. The number of nitrogens with zero attached hydrogens (tertiary/aromatic N) is 1. The van der Waals surface area contributed by atoms with Gasteiger partial charge in [-0.05, 0) is 31.7 Å². The molecule has 1 unspecified atom stereocenters. The molecule has 6 heteroatoms. The molecule has 1 saturated carbocycles. The third-order valence-electron chi connectivity index (χ3n) is 3.44. The second-order valence-corrected chi connectivity index (χ2v) is 4.88. The molecule has 0 aromatic heterocycles. The predicted octanol–water partition coefficient (Wildman–Crippen LogP) is 0.145. The van der Waals surface area contributed by atoms with Crippen LogP contribution in [-0.2, 0) is 9.59 Å². The zero-order chi connectivity index (χ0) is 12.3. The summed E-state index contributed by atoms with van der Waals surface area (Å²) in [4.78, 5) is 25.3. The fraction of sp³-hybridized carbons (Fsp3) is 0.833. The van der Waals surface area contributed by atoms with E-state index in [2.05, 4.69) is 10.6 Å². The zero-order valence-corrected chi connectivity index (χ0v) is 11.6. The van der Waals surface area contributed by atoms with E-state index in [1.165, 1.54) is 12.8 Å². The fourth-order valence-corrected chi connectivity index (χ4v) is 2.23. The van der Waals surface area contributed by atoms with E-state index in [-0.39, 0.29) is 30.3 Å². The number of nitrogens with one attached hydrogen (secondary N) is 2. The number of amides is 2. The molecule has 0 radical (unpaired) electrons. The maximum Gasteiger partial charge on any atom is 0.242 e. The van der Waals surface area contributed by atoms with Gasteiger partial charge in [-0.1, -0.05) is 6.92 Å². The third-order valence-corrected chi connectivity index (χ3v) is 3.44. The molecule has 2 N–H and O–H groups in total. The molecule has 1 atom stereocenters. The van der Waals surface area contributed by atoms with E-state index in [1.807, 2.05) is 6.92 Å². The minimum Gasteiger partial charge on any atom is -0.353 e. The van der Waals surface area contributed by atoms with E-state index in [9.17, 15) is 9.59 Å². The molecule has 0 aromatic carbocycles. The summed E-state index contributed by atoms with van der Waals surface area (Å²) in [6, 6.07) is -0.279. The van der Waals surface area contributed by atoms with Crippen LogP contribution in [0.2, 0.25) is 0 Å². The highest BCUT2D eigenvalue weighted by Crippen LogP contribution is 2.27. The van der Waals surface area contributed by atoms with Crippen molar-refractivity contribution in [3.05, 3.63) is 0 Å². The molecule has 2 fully saturated rings. The molecule has 1 heterocycles. The van der Waals surface area contributed by atoms with Crippen LogP contribution < -0.4 is 10.6 Å². The molecule has 0 aromatic rings. The van der Waals surface area contributed by atoms with Crippen molar-refractivity contribution in [2.24, 2.45) is 5.92 Å². The average Bonchev–Trinajstić information content (AvgIpc) is 3.12. The van der Waals surface area contributed by atoms with Crippen LogP contribution in [-0.4, -0.2) is 48.9 Å². The van der Waals surface area contributed by atoms with Gasteiger partial charge >= 0.3 is 0 Å². The number of carbonyl (C=O) groups excluding carboxylic acids is 2. The van der Waals surface area contributed by atoms with Crippen LogP contribution in [0, 0.1) is 5.92 Å². The summed E-state index contributed by atoms with van der Waals surface area (Å²) in [7, 11) is 0. The molecule has 2 aliphatic rings. The lowest BCUT2D eigenvalue weighted by Crippen LogP contribution is -2.58. The van der Waals surface area contributed by atoms with E-state index in [0.29, 0.717) is 26.1 Å². The Hall–Kier alpha value is -0.810. The normalized spacial score (nSPS) is 23.3. The van der Waals surface area contributed by atoms with Crippen molar-refractivity contribution < 1.29 is 9.59 Å². The van der Waals surface area contributed by atoms with Crippen LogP contribution in [0.15, 0.2) is 0 Å². The topological polar surface area (TPSA) is 61.4 Å². The van der Waals surface area contributed by atoms with Gasteiger partial charge in [0.1, 0.15) is 6.04 Å². The molecule has 104 valence electrons. The molecular weight excluding hydrogens is 254 g/mol. The van der Waals surface area contributed by atoms with Crippen LogP contribution in [0.5, 0.6) is 0 Å². The number of rotatable bonds is 5. The molecule has 0 bridgehead atoms. The largest absolute Gasteiger partial charge is 0.353 e. The van der Waals surface area contributed by atoms with Crippen LogP contribution in [0.4, 0.5) is 0 Å². The van der Waals surface area contributed by atoms with Gasteiger partial charge in [0.15, 0.2) is 0 Å². The first-order valence-corrected chi connectivity index (χ1v) is 6.50. The molecule has 0 spiro atoms. The lowest BCUT2D eigenvalue weighted by molar-refractivity contribution is -0.142. The Balaban J connectivity index is 0.00000162. The maximum atomic E-state index is 12.0. The fourth-order valence-electron chi connectivity index (χ4n) is 2.23. The highest BCUT2D eigenvalue weighted by atomic mass is 35.5. The summed E-state index contributed by atoms with van der Waals surface area (Å²) in [6.07, 6.45) is 3.25. The number of hydrogen-bond donors (Lipinski definition) is 2. The minimum absolute atomic E-state index is 0. The Bertz CT molecular complexity index is 308. The quantitative estimate of drug-likeness (QED) is 0.751. The first-order chi connectivity index (χ1) is 8.22. The van der Waals surface area contributed by atoms with Gasteiger partial charge in [0.05, 0.1) is 6.54 Å². The smallest absolute Gasteiger partial charge is 0.242 e. The second-order valence-electron chi connectivity index (χ2n) is 4.88. The van der Waals surface area contributed by atoms with E-state index in [1.54, 1.807) is 4.90 Å². The Kier molecular flexibility index (Phi) is 5.88. The minimum atomic E-state index is -0.279. The van der Waals surface area contributed by atoms with Gasteiger partial charge in [0.25, 0.3) is 0 Å². The van der Waals surface area contributed by atoms with Gasteiger partial charge in [-0.3, -0.25) is 9.59 Å². The van der Waals surface area contributed by atoms with E-state index >= 15 is 0 Å². The molecule has 5 nitrogen and oxygen atoms in total. The number of hydrogen-bond acceptors (Lipinski definition) is 3.